The van der Waals surface area contributed by atoms with Crippen LogP contribution in [0.5, 0.6) is 5.75 Å². The molecule has 0 radical (unpaired) electrons. The van der Waals surface area contributed by atoms with E-state index in [0.717, 1.165) is 6.54 Å². The smallest absolute Gasteiger partial charge is 0.138 e. The predicted molar refractivity (Wildman–Crippen MR) is 99.1 cm³/mol. The maximum absolute atomic E-state index is 10.4. The molecule has 1 aliphatic heterocycles. The van der Waals surface area contributed by atoms with Crippen LogP contribution in [0, 0.1) is 10.8 Å². The van der Waals surface area contributed by atoms with E-state index in [1.165, 1.54) is 19.3 Å². The third kappa shape index (κ3) is 4.19. The third-order valence-electron chi connectivity index (χ3n) is 5.29. The van der Waals surface area contributed by atoms with Crippen LogP contribution in [0.4, 0.5) is 0 Å². The zero-order valence-electron chi connectivity index (χ0n) is 14.7. The minimum atomic E-state index is -0.525. The molecule has 3 nitrogen and oxygen atoms in total. The quantitative estimate of drug-likeness (QED) is 0.818. The molecule has 3 rings (SSSR count). The van der Waals surface area contributed by atoms with Gasteiger partial charge in [0.25, 0.3) is 0 Å². The van der Waals surface area contributed by atoms with Crippen molar-refractivity contribution in [3.63, 3.8) is 0 Å². The molecule has 1 saturated carbocycles. The van der Waals surface area contributed by atoms with Gasteiger partial charge >= 0.3 is 0 Å². The monoisotopic (exact) mass is 371 g/mol. The van der Waals surface area contributed by atoms with Gasteiger partial charge in [0.1, 0.15) is 18.5 Å². The van der Waals surface area contributed by atoms with Gasteiger partial charge in [-0.3, -0.25) is 4.90 Å². The van der Waals surface area contributed by atoms with Crippen LogP contribution in [-0.2, 0) is 0 Å². The van der Waals surface area contributed by atoms with Gasteiger partial charge in [0.15, 0.2) is 0 Å². The van der Waals surface area contributed by atoms with Gasteiger partial charge in [-0.05, 0) is 48.3 Å². The molecule has 0 amide bonds. The van der Waals surface area contributed by atoms with Crippen molar-refractivity contribution in [2.75, 3.05) is 19.7 Å². The summed E-state index contributed by atoms with van der Waals surface area (Å²) >= 11 is 12.0. The number of hydrogen-bond acceptors (Lipinski definition) is 3. The first-order chi connectivity index (χ1) is 11.2. The zero-order chi connectivity index (χ0) is 17.5. The number of ether oxygens (including phenoxy) is 1. The number of nitrogens with zero attached hydrogens (tertiary/aromatic N) is 1. The molecule has 1 saturated heterocycles. The molecule has 1 N–H and O–H groups in total. The first-order valence-corrected chi connectivity index (χ1v) is 9.41. The second-order valence-corrected chi connectivity index (χ2v) is 9.53. The fraction of sp³-hybridized carbons (Fsp3) is 0.684. The highest BCUT2D eigenvalue weighted by Gasteiger charge is 2.49. The number of halogens is 2. The second kappa shape index (κ2) is 6.68. The van der Waals surface area contributed by atoms with Gasteiger partial charge in [-0.25, -0.2) is 0 Å². The molecule has 2 fully saturated rings. The Morgan fingerprint density at radius 3 is 2.75 bits per heavy atom. The molecule has 0 unspecified atom stereocenters. The summed E-state index contributed by atoms with van der Waals surface area (Å²) in [6.45, 7) is 9.08. The molecule has 1 aliphatic carbocycles. The van der Waals surface area contributed by atoms with Crippen molar-refractivity contribution in [3.05, 3.63) is 28.2 Å². The number of fused-ring (bicyclic) bond motifs is 2. The van der Waals surface area contributed by atoms with Crippen molar-refractivity contribution in [2.45, 2.75) is 52.2 Å². The lowest BCUT2D eigenvalue weighted by molar-refractivity contribution is 0.0585. The Hall–Kier alpha value is -0.480. The summed E-state index contributed by atoms with van der Waals surface area (Å²) in [4.78, 5) is 2.45. The van der Waals surface area contributed by atoms with E-state index in [2.05, 4.69) is 25.7 Å². The summed E-state index contributed by atoms with van der Waals surface area (Å²) in [5.41, 5.74) is 0.775. The minimum absolute atomic E-state index is 0.241. The Bertz CT molecular complexity index is 607. The summed E-state index contributed by atoms with van der Waals surface area (Å²) in [5.74, 6) is 0.563. The zero-order valence-corrected chi connectivity index (χ0v) is 16.2. The van der Waals surface area contributed by atoms with Crippen LogP contribution >= 0.6 is 23.2 Å². The Labute approximate surface area is 154 Å². The molecule has 2 aliphatic rings. The van der Waals surface area contributed by atoms with E-state index in [9.17, 15) is 5.11 Å². The van der Waals surface area contributed by atoms with Crippen molar-refractivity contribution in [3.8, 4) is 5.75 Å². The highest BCUT2D eigenvalue weighted by molar-refractivity contribution is 6.35. The highest BCUT2D eigenvalue weighted by Crippen LogP contribution is 2.52. The molecule has 0 aromatic heterocycles. The molecular weight excluding hydrogens is 345 g/mol. The van der Waals surface area contributed by atoms with Crippen molar-refractivity contribution in [1.29, 1.82) is 0 Å². The van der Waals surface area contributed by atoms with Gasteiger partial charge in [-0.2, -0.15) is 0 Å². The Morgan fingerprint density at radius 1 is 1.29 bits per heavy atom. The van der Waals surface area contributed by atoms with Gasteiger partial charge < -0.3 is 9.84 Å². The first-order valence-electron chi connectivity index (χ1n) is 8.66. The summed E-state index contributed by atoms with van der Waals surface area (Å²) in [7, 11) is 0. The van der Waals surface area contributed by atoms with Crippen molar-refractivity contribution in [1.82, 2.24) is 4.90 Å². The lowest BCUT2D eigenvalue weighted by Crippen LogP contribution is -2.39. The van der Waals surface area contributed by atoms with Gasteiger partial charge in [-0.15, -0.1) is 0 Å². The first kappa shape index (κ1) is 18.3. The maximum Gasteiger partial charge on any atom is 0.138 e. The molecule has 3 atom stereocenters. The lowest BCUT2D eigenvalue weighted by Gasteiger charge is -2.40. The number of rotatable bonds is 5. The fourth-order valence-corrected chi connectivity index (χ4v) is 5.35. The lowest BCUT2D eigenvalue weighted by atomic mass is 9.65. The van der Waals surface area contributed by atoms with Crippen molar-refractivity contribution < 1.29 is 9.84 Å². The Balaban J connectivity index is 1.55. The Morgan fingerprint density at radius 2 is 2.04 bits per heavy atom. The third-order valence-corrected chi connectivity index (χ3v) is 5.82. The topological polar surface area (TPSA) is 32.7 Å². The van der Waals surface area contributed by atoms with Crippen LogP contribution in [0.15, 0.2) is 18.2 Å². The average Bonchev–Trinajstić information content (AvgIpc) is 2.66. The maximum atomic E-state index is 10.4. The largest absolute Gasteiger partial charge is 0.489 e. The van der Waals surface area contributed by atoms with Crippen LogP contribution in [0.2, 0.25) is 10.0 Å². The van der Waals surface area contributed by atoms with Crippen LogP contribution in [0.1, 0.15) is 40.0 Å². The fourth-order valence-electron chi connectivity index (χ4n) is 4.89. The molecule has 1 heterocycles. The molecule has 1 aromatic rings. The molecule has 1 aromatic carbocycles. The van der Waals surface area contributed by atoms with Gasteiger partial charge in [0.05, 0.1) is 5.02 Å². The van der Waals surface area contributed by atoms with Gasteiger partial charge in [0, 0.05) is 24.2 Å². The molecule has 2 bridgehead atoms. The molecule has 5 heteroatoms. The molecular formula is C19H27Cl2NO2. The van der Waals surface area contributed by atoms with Crippen molar-refractivity contribution >= 4 is 23.2 Å². The highest BCUT2D eigenvalue weighted by atomic mass is 35.5. The summed E-state index contributed by atoms with van der Waals surface area (Å²) < 4.78 is 5.67. The number of likely N-dealkylation sites (tertiary alicyclic amines) is 1. The molecule has 134 valence electrons. The number of aliphatic hydroxyl groups excluding tert-OH is 1. The number of hydrogen-bond donors (Lipinski definition) is 1. The van der Waals surface area contributed by atoms with E-state index in [0.29, 0.717) is 39.2 Å². The van der Waals surface area contributed by atoms with E-state index >= 15 is 0 Å². The summed E-state index contributed by atoms with van der Waals surface area (Å²) in [5, 5.41) is 11.5. The van der Waals surface area contributed by atoms with E-state index in [4.69, 9.17) is 27.9 Å². The molecule has 24 heavy (non-hydrogen) atoms. The van der Waals surface area contributed by atoms with Crippen LogP contribution < -0.4 is 4.74 Å². The second-order valence-electron chi connectivity index (χ2n) is 8.68. The Kier molecular flexibility index (Phi) is 5.10. The molecule has 0 spiro atoms. The number of benzene rings is 1. The summed E-state index contributed by atoms with van der Waals surface area (Å²) in [6, 6.07) is 5.70. The average molecular weight is 372 g/mol. The SMILES string of the molecule is CC1(C)C[C@H]2C[C@@](C)(CN2C[C@@H](O)COc2ccc(Cl)cc2Cl)C1. The van der Waals surface area contributed by atoms with E-state index in [1.54, 1.807) is 18.2 Å². The number of aliphatic hydroxyl groups is 1. The van der Waals surface area contributed by atoms with Crippen LogP contribution in [0.25, 0.3) is 0 Å². The van der Waals surface area contributed by atoms with Gasteiger partial charge in [0.2, 0.25) is 0 Å². The summed E-state index contributed by atoms with van der Waals surface area (Å²) in [6.07, 6.45) is 3.19. The van der Waals surface area contributed by atoms with E-state index in [1.807, 2.05) is 0 Å². The van der Waals surface area contributed by atoms with E-state index in [-0.39, 0.29) is 6.61 Å². The van der Waals surface area contributed by atoms with Gasteiger partial charge in [-0.1, -0.05) is 44.0 Å². The standard InChI is InChI=1S/C19H27Cl2NO2/c1-18(2)7-14-8-19(3,11-18)12-22(14)9-15(23)10-24-17-5-4-13(20)6-16(17)21/h4-6,14-15,23H,7-12H2,1-3H3/t14-,15+,19+/m0/s1. The minimum Gasteiger partial charge on any atom is -0.489 e. The number of β-amino-alcohol motifs (C(OH)–C–C–N with tert-alkyl or cyclic N) is 1. The van der Waals surface area contributed by atoms with Crippen LogP contribution in [-0.4, -0.2) is 41.8 Å². The van der Waals surface area contributed by atoms with Crippen molar-refractivity contribution in [2.24, 2.45) is 10.8 Å². The van der Waals surface area contributed by atoms with Crippen LogP contribution in [0.3, 0.4) is 0 Å². The normalized spacial score (nSPS) is 30.3. The van der Waals surface area contributed by atoms with E-state index < -0.39 is 6.10 Å². The predicted octanol–water partition coefficient (Wildman–Crippen LogP) is 4.63.